The third-order valence-electron chi connectivity index (χ3n) is 2.93. The van der Waals surface area contributed by atoms with Crippen LogP contribution in [0.4, 0.5) is 24.5 Å². The molecule has 1 aliphatic heterocycles. The van der Waals surface area contributed by atoms with Crippen LogP contribution in [0.15, 0.2) is 18.2 Å². The van der Waals surface area contributed by atoms with Gasteiger partial charge >= 0.3 is 6.18 Å². The smallest absolute Gasteiger partial charge is 0.398 e. The summed E-state index contributed by atoms with van der Waals surface area (Å²) in [7, 11) is 0. The van der Waals surface area contributed by atoms with Crippen molar-refractivity contribution in [2.24, 2.45) is 0 Å². The van der Waals surface area contributed by atoms with Crippen LogP contribution in [-0.2, 0) is 20.4 Å². The standard InChI is InChI=1S/C13H15F3N2O3/c14-13(15,16)10-5-8(1-2-11(10)17)18-12(19)3-4-21-9-6-20-7-9/h1-2,5,9H,3-4,6-7,17H2,(H,18,19). The monoisotopic (exact) mass is 304 g/mol. The number of carbonyl (C=O) groups is 1. The normalized spacial score (nSPS) is 15.6. The Labute approximate surface area is 119 Å². The van der Waals surface area contributed by atoms with E-state index >= 15 is 0 Å². The molecule has 0 aliphatic carbocycles. The highest BCUT2D eigenvalue weighted by molar-refractivity contribution is 5.91. The predicted octanol–water partition coefficient (Wildman–Crippen LogP) is 2.03. The molecule has 1 saturated heterocycles. The molecule has 0 spiro atoms. The van der Waals surface area contributed by atoms with Crippen molar-refractivity contribution in [1.82, 2.24) is 0 Å². The zero-order valence-corrected chi connectivity index (χ0v) is 11.1. The van der Waals surface area contributed by atoms with Crippen molar-refractivity contribution in [2.75, 3.05) is 30.9 Å². The molecule has 8 heteroatoms. The van der Waals surface area contributed by atoms with Crippen LogP contribution in [0.3, 0.4) is 0 Å². The van der Waals surface area contributed by atoms with Gasteiger partial charge in [-0.25, -0.2) is 0 Å². The van der Waals surface area contributed by atoms with E-state index in [1.165, 1.54) is 6.07 Å². The fourth-order valence-electron chi connectivity index (χ4n) is 1.73. The van der Waals surface area contributed by atoms with Crippen molar-refractivity contribution in [1.29, 1.82) is 0 Å². The molecule has 116 valence electrons. The van der Waals surface area contributed by atoms with Crippen molar-refractivity contribution in [2.45, 2.75) is 18.7 Å². The van der Waals surface area contributed by atoms with Gasteiger partial charge in [0.25, 0.3) is 0 Å². The van der Waals surface area contributed by atoms with Crippen molar-refractivity contribution >= 4 is 17.3 Å². The number of carbonyl (C=O) groups excluding carboxylic acids is 1. The first-order valence-electron chi connectivity index (χ1n) is 6.32. The van der Waals surface area contributed by atoms with Gasteiger partial charge in [0.15, 0.2) is 0 Å². The predicted molar refractivity (Wildman–Crippen MR) is 69.7 cm³/mol. The van der Waals surface area contributed by atoms with E-state index in [2.05, 4.69) is 5.32 Å². The van der Waals surface area contributed by atoms with E-state index in [9.17, 15) is 18.0 Å². The Morgan fingerprint density at radius 1 is 1.43 bits per heavy atom. The third kappa shape index (κ3) is 4.33. The van der Waals surface area contributed by atoms with Gasteiger partial charge in [-0.2, -0.15) is 13.2 Å². The molecule has 0 unspecified atom stereocenters. The van der Waals surface area contributed by atoms with Crippen LogP contribution in [0.5, 0.6) is 0 Å². The topological polar surface area (TPSA) is 73.6 Å². The Balaban J connectivity index is 1.88. The van der Waals surface area contributed by atoms with Gasteiger partial charge in [-0.3, -0.25) is 4.79 Å². The summed E-state index contributed by atoms with van der Waals surface area (Å²) < 4.78 is 48.2. The maximum Gasteiger partial charge on any atom is 0.418 e. The Kier molecular flexibility index (Phi) is 4.69. The van der Waals surface area contributed by atoms with Crippen molar-refractivity contribution in [3.8, 4) is 0 Å². The fraction of sp³-hybridized carbons (Fsp3) is 0.462. The molecule has 1 fully saturated rings. The average molecular weight is 304 g/mol. The van der Waals surface area contributed by atoms with Gasteiger partial charge in [-0.15, -0.1) is 0 Å². The van der Waals surface area contributed by atoms with Crippen LogP contribution in [0, 0.1) is 0 Å². The second-order valence-electron chi connectivity index (χ2n) is 4.63. The van der Waals surface area contributed by atoms with E-state index in [0.29, 0.717) is 13.2 Å². The van der Waals surface area contributed by atoms with E-state index in [0.717, 1.165) is 12.1 Å². The number of ether oxygens (including phenoxy) is 2. The lowest BCUT2D eigenvalue weighted by Gasteiger charge is -2.25. The fourth-order valence-corrected chi connectivity index (χ4v) is 1.73. The Hall–Kier alpha value is -1.80. The van der Waals surface area contributed by atoms with E-state index in [1.54, 1.807) is 0 Å². The second kappa shape index (κ2) is 6.31. The van der Waals surface area contributed by atoms with Crippen molar-refractivity contribution < 1.29 is 27.4 Å². The number of nitrogens with one attached hydrogen (secondary N) is 1. The first-order chi connectivity index (χ1) is 9.86. The number of nitrogen functional groups attached to an aromatic ring is 1. The molecule has 0 atom stereocenters. The molecule has 1 aromatic rings. The van der Waals surface area contributed by atoms with Gasteiger partial charge in [0.05, 0.1) is 31.8 Å². The van der Waals surface area contributed by atoms with Crippen LogP contribution in [0.1, 0.15) is 12.0 Å². The lowest BCUT2D eigenvalue weighted by Crippen LogP contribution is -2.36. The first-order valence-corrected chi connectivity index (χ1v) is 6.32. The summed E-state index contributed by atoms with van der Waals surface area (Å²) in [6, 6.07) is 3.25. The zero-order valence-electron chi connectivity index (χ0n) is 11.1. The van der Waals surface area contributed by atoms with Crippen LogP contribution in [0.2, 0.25) is 0 Å². The minimum Gasteiger partial charge on any atom is -0.398 e. The van der Waals surface area contributed by atoms with Crippen LogP contribution in [0.25, 0.3) is 0 Å². The van der Waals surface area contributed by atoms with Gasteiger partial charge in [-0.05, 0) is 18.2 Å². The number of rotatable bonds is 5. The highest BCUT2D eigenvalue weighted by atomic mass is 19.4. The number of anilines is 2. The van der Waals surface area contributed by atoms with Crippen LogP contribution >= 0.6 is 0 Å². The molecule has 1 heterocycles. The van der Waals surface area contributed by atoms with Crippen molar-refractivity contribution in [3.63, 3.8) is 0 Å². The SMILES string of the molecule is Nc1ccc(NC(=O)CCOC2COC2)cc1C(F)(F)F. The largest absolute Gasteiger partial charge is 0.418 e. The van der Waals surface area contributed by atoms with Crippen LogP contribution < -0.4 is 11.1 Å². The summed E-state index contributed by atoms with van der Waals surface area (Å²) in [6.07, 6.45) is -4.49. The zero-order chi connectivity index (χ0) is 15.5. The third-order valence-corrected chi connectivity index (χ3v) is 2.93. The van der Waals surface area contributed by atoms with Gasteiger partial charge < -0.3 is 20.5 Å². The molecule has 5 nitrogen and oxygen atoms in total. The number of amides is 1. The Morgan fingerprint density at radius 2 is 2.14 bits per heavy atom. The highest BCUT2D eigenvalue weighted by Crippen LogP contribution is 2.35. The molecule has 1 amide bonds. The number of halogens is 3. The quantitative estimate of drug-likeness (QED) is 0.816. The number of hydrogen-bond acceptors (Lipinski definition) is 4. The van der Waals surface area contributed by atoms with Gasteiger partial charge in [0.2, 0.25) is 5.91 Å². The minimum absolute atomic E-state index is 0.00570. The van der Waals surface area contributed by atoms with E-state index in [4.69, 9.17) is 15.2 Å². The molecular formula is C13H15F3N2O3. The van der Waals surface area contributed by atoms with E-state index in [-0.39, 0.29) is 30.5 Å². The Bertz CT molecular complexity index is 516. The molecule has 1 aromatic carbocycles. The molecule has 0 bridgehead atoms. The van der Waals surface area contributed by atoms with Gasteiger partial charge in [0.1, 0.15) is 6.10 Å². The van der Waals surface area contributed by atoms with Crippen molar-refractivity contribution in [3.05, 3.63) is 23.8 Å². The number of hydrogen-bond donors (Lipinski definition) is 2. The summed E-state index contributed by atoms with van der Waals surface area (Å²) >= 11 is 0. The summed E-state index contributed by atoms with van der Waals surface area (Å²) in [5, 5.41) is 2.39. The summed E-state index contributed by atoms with van der Waals surface area (Å²) in [5.74, 6) is -0.423. The highest BCUT2D eigenvalue weighted by Gasteiger charge is 2.33. The number of alkyl halides is 3. The number of benzene rings is 1. The van der Waals surface area contributed by atoms with Gasteiger partial charge in [0, 0.05) is 11.4 Å². The second-order valence-corrected chi connectivity index (χ2v) is 4.63. The molecular weight excluding hydrogens is 289 g/mol. The van der Waals surface area contributed by atoms with E-state index < -0.39 is 17.6 Å². The maximum atomic E-state index is 12.7. The van der Waals surface area contributed by atoms with Crippen LogP contribution in [-0.4, -0.2) is 31.8 Å². The molecule has 0 aromatic heterocycles. The molecule has 0 saturated carbocycles. The lowest BCUT2D eigenvalue weighted by molar-refractivity contribution is -0.137. The molecule has 21 heavy (non-hydrogen) atoms. The summed E-state index contributed by atoms with van der Waals surface area (Å²) in [6.45, 7) is 1.21. The molecule has 3 N–H and O–H groups in total. The van der Waals surface area contributed by atoms with E-state index in [1.807, 2.05) is 0 Å². The molecule has 1 aliphatic rings. The lowest BCUT2D eigenvalue weighted by atomic mass is 10.1. The number of nitrogens with two attached hydrogens (primary N) is 1. The Morgan fingerprint density at radius 3 is 2.71 bits per heavy atom. The summed E-state index contributed by atoms with van der Waals surface area (Å²) in [4.78, 5) is 11.6. The molecule has 2 rings (SSSR count). The summed E-state index contributed by atoms with van der Waals surface area (Å²) in [5.41, 5.74) is 3.98. The maximum absolute atomic E-state index is 12.7. The first kappa shape index (κ1) is 15.6. The average Bonchev–Trinajstić information content (AvgIpc) is 2.33. The molecule has 0 radical (unpaired) electrons. The minimum atomic E-state index is -4.56. The van der Waals surface area contributed by atoms with Gasteiger partial charge in [-0.1, -0.05) is 0 Å².